The van der Waals surface area contributed by atoms with Gasteiger partial charge >= 0.3 is 0 Å². The van der Waals surface area contributed by atoms with Crippen LogP contribution in [0.3, 0.4) is 0 Å². The van der Waals surface area contributed by atoms with Gasteiger partial charge in [0.15, 0.2) is 0 Å². The van der Waals surface area contributed by atoms with Crippen LogP contribution in [0, 0.1) is 12.7 Å². The Morgan fingerprint density at radius 2 is 1.77 bits per heavy atom. The minimum absolute atomic E-state index is 0.257. The first kappa shape index (κ1) is 19.6. The SMILES string of the molecule is CCOc1ccc(/C=C2/N=C(c3cccc(C)c3)N(c3ccc(F)cc3)C2=O)cc1. The normalized spacial score (nSPS) is 14.9. The van der Waals surface area contributed by atoms with Gasteiger partial charge in [-0.05, 0) is 68.0 Å². The molecule has 0 aromatic heterocycles. The number of carbonyl (C=O) groups is 1. The van der Waals surface area contributed by atoms with Crippen LogP contribution < -0.4 is 9.64 Å². The number of anilines is 1. The van der Waals surface area contributed by atoms with E-state index in [1.165, 1.54) is 17.0 Å². The lowest BCUT2D eigenvalue weighted by molar-refractivity contribution is -0.113. The van der Waals surface area contributed by atoms with Crippen molar-refractivity contribution < 1.29 is 13.9 Å². The molecule has 1 heterocycles. The van der Waals surface area contributed by atoms with Crippen LogP contribution in [-0.2, 0) is 4.79 Å². The van der Waals surface area contributed by atoms with Gasteiger partial charge < -0.3 is 4.74 Å². The Labute approximate surface area is 175 Å². The summed E-state index contributed by atoms with van der Waals surface area (Å²) >= 11 is 0. The Hall–Kier alpha value is -3.73. The summed E-state index contributed by atoms with van der Waals surface area (Å²) in [5, 5.41) is 0. The second kappa shape index (κ2) is 8.33. The Bertz CT molecular complexity index is 1130. The average Bonchev–Trinajstić information content (AvgIpc) is 3.06. The fraction of sp³-hybridized carbons (Fsp3) is 0.120. The quantitative estimate of drug-likeness (QED) is 0.541. The first-order valence-corrected chi connectivity index (χ1v) is 9.75. The second-order valence-corrected chi connectivity index (χ2v) is 6.95. The van der Waals surface area contributed by atoms with Crippen LogP contribution in [0.2, 0.25) is 0 Å². The van der Waals surface area contributed by atoms with E-state index in [1.807, 2.05) is 62.4 Å². The summed E-state index contributed by atoms with van der Waals surface area (Å²) in [5.74, 6) is 0.679. The van der Waals surface area contributed by atoms with Crippen molar-refractivity contribution in [3.63, 3.8) is 0 Å². The van der Waals surface area contributed by atoms with Gasteiger partial charge in [-0.1, -0.05) is 35.9 Å². The minimum atomic E-state index is -0.357. The lowest BCUT2D eigenvalue weighted by Crippen LogP contribution is -2.32. The standard InChI is InChI=1S/C25H21FN2O2/c1-3-30-22-13-7-18(8-14-22)16-23-25(29)28(21-11-9-20(26)10-12-21)24(27-23)19-6-4-5-17(2)15-19/h4-16H,3H2,1-2H3/b23-16+. The topological polar surface area (TPSA) is 41.9 Å². The van der Waals surface area contributed by atoms with Crippen molar-refractivity contribution in [2.24, 2.45) is 4.99 Å². The van der Waals surface area contributed by atoms with E-state index < -0.39 is 0 Å². The number of nitrogens with zero attached hydrogens (tertiary/aromatic N) is 2. The molecule has 1 amide bonds. The van der Waals surface area contributed by atoms with E-state index in [9.17, 15) is 9.18 Å². The van der Waals surface area contributed by atoms with Gasteiger partial charge in [-0.2, -0.15) is 0 Å². The number of ether oxygens (including phenoxy) is 1. The van der Waals surface area contributed by atoms with Crippen molar-refractivity contribution in [1.82, 2.24) is 0 Å². The number of amides is 1. The number of benzene rings is 3. The average molecular weight is 400 g/mol. The third-order valence-corrected chi connectivity index (χ3v) is 4.72. The molecule has 30 heavy (non-hydrogen) atoms. The Balaban J connectivity index is 1.76. The smallest absolute Gasteiger partial charge is 0.282 e. The molecule has 0 aliphatic carbocycles. The molecule has 0 radical (unpaired) electrons. The highest BCUT2D eigenvalue weighted by atomic mass is 19.1. The first-order chi connectivity index (χ1) is 14.5. The van der Waals surface area contributed by atoms with Gasteiger partial charge in [0, 0.05) is 5.56 Å². The molecular weight excluding hydrogens is 379 g/mol. The van der Waals surface area contributed by atoms with E-state index in [4.69, 9.17) is 4.74 Å². The highest BCUT2D eigenvalue weighted by molar-refractivity contribution is 6.33. The van der Waals surface area contributed by atoms with E-state index in [2.05, 4.69) is 4.99 Å². The molecule has 150 valence electrons. The molecule has 0 spiro atoms. The van der Waals surface area contributed by atoms with E-state index in [0.717, 1.165) is 22.4 Å². The number of carbonyl (C=O) groups excluding carboxylic acids is 1. The fourth-order valence-corrected chi connectivity index (χ4v) is 3.31. The fourth-order valence-electron chi connectivity index (χ4n) is 3.31. The number of hydrogen-bond donors (Lipinski definition) is 0. The highest BCUT2D eigenvalue weighted by Crippen LogP contribution is 2.28. The Morgan fingerprint density at radius 3 is 2.43 bits per heavy atom. The van der Waals surface area contributed by atoms with Crippen molar-refractivity contribution in [1.29, 1.82) is 0 Å². The van der Waals surface area contributed by atoms with E-state index in [-0.39, 0.29) is 11.7 Å². The van der Waals surface area contributed by atoms with Crippen LogP contribution in [0.25, 0.3) is 6.08 Å². The number of hydrogen-bond acceptors (Lipinski definition) is 3. The molecule has 4 rings (SSSR count). The predicted molar refractivity (Wildman–Crippen MR) is 117 cm³/mol. The molecule has 0 unspecified atom stereocenters. The van der Waals surface area contributed by atoms with Crippen molar-refractivity contribution >= 4 is 23.5 Å². The van der Waals surface area contributed by atoms with Crippen molar-refractivity contribution in [2.75, 3.05) is 11.5 Å². The summed E-state index contributed by atoms with van der Waals surface area (Å²) in [6, 6.07) is 21.1. The van der Waals surface area contributed by atoms with Crippen LogP contribution in [0.15, 0.2) is 83.5 Å². The second-order valence-electron chi connectivity index (χ2n) is 6.95. The maximum atomic E-state index is 13.4. The van der Waals surface area contributed by atoms with Crippen molar-refractivity contribution in [3.8, 4) is 5.75 Å². The van der Waals surface area contributed by atoms with Crippen LogP contribution in [-0.4, -0.2) is 18.3 Å². The van der Waals surface area contributed by atoms with Crippen LogP contribution in [0.1, 0.15) is 23.6 Å². The Morgan fingerprint density at radius 1 is 1.03 bits per heavy atom. The summed E-state index contributed by atoms with van der Waals surface area (Å²) in [6.07, 6.45) is 1.75. The molecule has 0 bridgehead atoms. The summed E-state index contributed by atoms with van der Waals surface area (Å²) in [4.78, 5) is 19.4. The van der Waals surface area contributed by atoms with Crippen LogP contribution in [0.5, 0.6) is 5.75 Å². The molecular formula is C25H21FN2O2. The van der Waals surface area contributed by atoms with Gasteiger partial charge in [-0.15, -0.1) is 0 Å². The van der Waals surface area contributed by atoms with E-state index in [1.54, 1.807) is 18.2 Å². The van der Waals surface area contributed by atoms with Crippen molar-refractivity contribution in [2.45, 2.75) is 13.8 Å². The molecule has 3 aromatic carbocycles. The summed E-state index contributed by atoms with van der Waals surface area (Å²) in [6.45, 7) is 4.51. The Kier molecular flexibility index (Phi) is 5.44. The van der Waals surface area contributed by atoms with Gasteiger partial charge in [0.05, 0.1) is 12.3 Å². The monoisotopic (exact) mass is 400 g/mol. The number of rotatable bonds is 5. The molecule has 5 heteroatoms. The molecule has 1 aliphatic rings. The maximum Gasteiger partial charge on any atom is 0.282 e. The zero-order valence-electron chi connectivity index (χ0n) is 16.8. The first-order valence-electron chi connectivity index (χ1n) is 9.75. The molecule has 0 saturated carbocycles. The number of halogens is 1. The molecule has 1 aliphatic heterocycles. The summed E-state index contributed by atoms with van der Waals surface area (Å²) < 4.78 is 18.9. The van der Waals surface area contributed by atoms with Gasteiger partial charge in [0.2, 0.25) is 0 Å². The third-order valence-electron chi connectivity index (χ3n) is 4.72. The zero-order chi connectivity index (χ0) is 21.1. The van der Waals surface area contributed by atoms with Gasteiger partial charge in [-0.25, -0.2) is 9.38 Å². The minimum Gasteiger partial charge on any atom is -0.494 e. The molecule has 0 saturated heterocycles. The van der Waals surface area contributed by atoms with Gasteiger partial charge in [0.25, 0.3) is 5.91 Å². The maximum absolute atomic E-state index is 13.4. The lowest BCUT2D eigenvalue weighted by atomic mass is 10.1. The third kappa shape index (κ3) is 4.01. The van der Waals surface area contributed by atoms with E-state index in [0.29, 0.717) is 23.8 Å². The predicted octanol–water partition coefficient (Wildman–Crippen LogP) is 5.37. The highest BCUT2D eigenvalue weighted by Gasteiger charge is 2.32. The largest absolute Gasteiger partial charge is 0.494 e. The molecule has 0 N–H and O–H groups in total. The molecule has 3 aromatic rings. The van der Waals surface area contributed by atoms with Gasteiger partial charge in [0.1, 0.15) is 23.1 Å². The number of aryl methyl sites for hydroxylation is 1. The number of aliphatic imine (C=N–C) groups is 1. The lowest BCUT2D eigenvalue weighted by Gasteiger charge is -2.18. The zero-order valence-corrected chi connectivity index (χ0v) is 16.8. The summed E-state index contributed by atoms with van der Waals surface area (Å²) in [5.41, 5.74) is 3.61. The van der Waals surface area contributed by atoms with Crippen molar-refractivity contribution in [3.05, 3.63) is 101 Å². The summed E-state index contributed by atoms with van der Waals surface area (Å²) in [7, 11) is 0. The molecule has 0 atom stereocenters. The molecule has 4 nitrogen and oxygen atoms in total. The molecule has 0 fully saturated rings. The van der Waals surface area contributed by atoms with Crippen LogP contribution >= 0.6 is 0 Å². The van der Waals surface area contributed by atoms with Gasteiger partial charge in [-0.3, -0.25) is 9.69 Å². The van der Waals surface area contributed by atoms with Crippen LogP contribution in [0.4, 0.5) is 10.1 Å². The van der Waals surface area contributed by atoms with E-state index >= 15 is 0 Å². The number of amidine groups is 1.